The van der Waals surface area contributed by atoms with Gasteiger partial charge in [-0.1, -0.05) is 17.7 Å². The van der Waals surface area contributed by atoms with Crippen LogP contribution in [0.1, 0.15) is 20.3 Å². The zero-order valence-electron chi connectivity index (χ0n) is 11.1. The fourth-order valence-corrected chi connectivity index (χ4v) is 1.81. The molecule has 0 aliphatic rings. The van der Waals surface area contributed by atoms with Gasteiger partial charge in [-0.25, -0.2) is 0 Å². The number of hydrogen-bond acceptors (Lipinski definition) is 3. The van der Waals surface area contributed by atoms with Crippen molar-refractivity contribution in [3.05, 3.63) is 29.3 Å². The van der Waals surface area contributed by atoms with Crippen molar-refractivity contribution in [1.29, 1.82) is 5.26 Å². The van der Waals surface area contributed by atoms with E-state index in [2.05, 4.69) is 0 Å². The van der Waals surface area contributed by atoms with E-state index in [1.807, 2.05) is 19.9 Å². The average Bonchev–Trinajstić information content (AvgIpc) is 2.36. The van der Waals surface area contributed by atoms with Crippen LogP contribution in [0.5, 0.6) is 5.75 Å². The molecule has 0 aliphatic carbocycles. The van der Waals surface area contributed by atoms with Crippen LogP contribution in [0.3, 0.4) is 0 Å². The van der Waals surface area contributed by atoms with Gasteiger partial charge in [0.25, 0.3) is 5.91 Å². The number of halogens is 1. The quantitative estimate of drug-likeness (QED) is 0.805. The van der Waals surface area contributed by atoms with Gasteiger partial charge in [0.05, 0.1) is 12.5 Å². The highest BCUT2D eigenvalue weighted by molar-refractivity contribution is 6.30. The summed E-state index contributed by atoms with van der Waals surface area (Å²) in [4.78, 5) is 13.6. The second-order valence-electron chi connectivity index (χ2n) is 4.34. The van der Waals surface area contributed by atoms with Gasteiger partial charge in [-0.2, -0.15) is 5.26 Å². The molecule has 0 heterocycles. The van der Waals surface area contributed by atoms with Crippen LogP contribution in [0.2, 0.25) is 5.02 Å². The summed E-state index contributed by atoms with van der Waals surface area (Å²) in [7, 11) is 0. The van der Waals surface area contributed by atoms with E-state index in [1.54, 1.807) is 29.2 Å². The fourth-order valence-electron chi connectivity index (χ4n) is 1.63. The van der Waals surface area contributed by atoms with Crippen LogP contribution in [0.4, 0.5) is 0 Å². The smallest absolute Gasteiger partial charge is 0.260 e. The summed E-state index contributed by atoms with van der Waals surface area (Å²) in [6, 6.07) is 8.98. The summed E-state index contributed by atoms with van der Waals surface area (Å²) in [5.41, 5.74) is 0. The number of carbonyl (C=O) groups is 1. The molecule has 1 aromatic carbocycles. The van der Waals surface area contributed by atoms with E-state index in [4.69, 9.17) is 21.6 Å². The van der Waals surface area contributed by atoms with Crippen molar-refractivity contribution in [2.75, 3.05) is 13.2 Å². The third-order valence-electron chi connectivity index (χ3n) is 2.57. The van der Waals surface area contributed by atoms with Crippen molar-refractivity contribution >= 4 is 17.5 Å². The highest BCUT2D eigenvalue weighted by atomic mass is 35.5. The van der Waals surface area contributed by atoms with Crippen molar-refractivity contribution in [2.24, 2.45) is 0 Å². The molecular weight excluding hydrogens is 264 g/mol. The molecule has 0 unspecified atom stereocenters. The highest BCUT2D eigenvalue weighted by Gasteiger charge is 2.16. The van der Waals surface area contributed by atoms with Gasteiger partial charge in [0, 0.05) is 17.6 Å². The molecule has 0 bridgehead atoms. The monoisotopic (exact) mass is 280 g/mol. The van der Waals surface area contributed by atoms with Crippen molar-refractivity contribution < 1.29 is 9.53 Å². The minimum atomic E-state index is -0.134. The first-order valence-corrected chi connectivity index (χ1v) is 6.47. The third kappa shape index (κ3) is 5.19. The summed E-state index contributed by atoms with van der Waals surface area (Å²) in [5.74, 6) is 0.426. The Labute approximate surface area is 118 Å². The lowest BCUT2D eigenvalue weighted by Crippen LogP contribution is -2.40. The lowest BCUT2D eigenvalue weighted by atomic mass is 10.3. The van der Waals surface area contributed by atoms with Crippen LogP contribution in [0.25, 0.3) is 0 Å². The lowest BCUT2D eigenvalue weighted by Gasteiger charge is -2.25. The van der Waals surface area contributed by atoms with E-state index in [0.717, 1.165) is 0 Å². The second kappa shape index (κ2) is 7.65. The summed E-state index contributed by atoms with van der Waals surface area (Å²) in [6.45, 7) is 4.19. The molecule has 0 N–H and O–H groups in total. The molecule has 0 saturated carbocycles. The minimum absolute atomic E-state index is 0.0452. The van der Waals surface area contributed by atoms with Crippen LogP contribution in [-0.4, -0.2) is 30.0 Å². The molecule has 0 fully saturated rings. The van der Waals surface area contributed by atoms with E-state index in [0.29, 0.717) is 23.7 Å². The zero-order valence-corrected chi connectivity index (χ0v) is 11.9. The molecule has 5 heteroatoms. The normalized spacial score (nSPS) is 10.1. The van der Waals surface area contributed by atoms with E-state index < -0.39 is 0 Å². The standard InChI is InChI=1S/C14H17ClN2O2/c1-11(2)17(8-4-7-16)14(18)10-19-13-6-3-5-12(15)9-13/h3,5-6,9,11H,4,8,10H2,1-2H3. The summed E-state index contributed by atoms with van der Waals surface area (Å²) in [6.07, 6.45) is 0.321. The number of amides is 1. The Balaban J connectivity index is 2.55. The Morgan fingerprint density at radius 2 is 2.26 bits per heavy atom. The first kappa shape index (κ1) is 15.3. The van der Waals surface area contributed by atoms with Crippen molar-refractivity contribution in [3.8, 4) is 11.8 Å². The van der Waals surface area contributed by atoms with Gasteiger partial charge < -0.3 is 9.64 Å². The van der Waals surface area contributed by atoms with Crippen LogP contribution in [-0.2, 0) is 4.79 Å². The molecule has 0 radical (unpaired) electrons. The first-order valence-electron chi connectivity index (χ1n) is 6.09. The second-order valence-corrected chi connectivity index (χ2v) is 4.77. The SMILES string of the molecule is CC(C)N(CCC#N)C(=O)COc1cccc(Cl)c1. The molecule has 0 spiro atoms. The molecule has 0 atom stereocenters. The van der Waals surface area contributed by atoms with E-state index >= 15 is 0 Å². The number of nitrogens with zero attached hydrogens (tertiary/aromatic N) is 2. The molecule has 1 amide bonds. The van der Waals surface area contributed by atoms with E-state index in [-0.39, 0.29) is 18.6 Å². The summed E-state index contributed by atoms with van der Waals surface area (Å²) >= 11 is 5.83. The molecular formula is C14H17ClN2O2. The zero-order chi connectivity index (χ0) is 14.3. The summed E-state index contributed by atoms with van der Waals surface area (Å²) in [5, 5.41) is 9.15. The van der Waals surface area contributed by atoms with Gasteiger partial charge in [0.15, 0.2) is 6.61 Å². The number of ether oxygens (including phenoxy) is 1. The minimum Gasteiger partial charge on any atom is -0.484 e. The molecule has 0 aliphatic heterocycles. The van der Waals surface area contributed by atoms with Gasteiger partial charge in [-0.15, -0.1) is 0 Å². The predicted molar refractivity (Wildman–Crippen MR) is 74.0 cm³/mol. The van der Waals surface area contributed by atoms with Crippen LogP contribution >= 0.6 is 11.6 Å². The van der Waals surface area contributed by atoms with Crippen LogP contribution < -0.4 is 4.74 Å². The Morgan fingerprint density at radius 1 is 1.53 bits per heavy atom. The van der Waals surface area contributed by atoms with Crippen molar-refractivity contribution in [1.82, 2.24) is 4.90 Å². The number of hydrogen-bond donors (Lipinski definition) is 0. The molecule has 4 nitrogen and oxygen atoms in total. The third-order valence-corrected chi connectivity index (χ3v) is 2.80. The van der Waals surface area contributed by atoms with Crippen molar-refractivity contribution in [3.63, 3.8) is 0 Å². The summed E-state index contributed by atoms with van der Waals surface area (Å²) < 4.78 is 5.40. The largest absolute Gasteiger partial charge is 0.484 e. The topological polar surface area (TPSA) is 53.3 Å². The fraction of sp³-hybridized carbons (Fsp3) is 0.429. The first-order chi connectivity index (χ1) is 9.04. The number of benzene rings is 1. The van der Waals surface area contributed by atoms with E-state index in [1.165, 1.54) is 0 Å². The molecule has 1 aromatic rings. The molecule has 19 heavy (non-hydrogen) atoms. The Morgan fingerprint density at radius 3 is 2.84 bits per heavy atom. The van der Waals surface area contributed by atoms with E-state index in [9.17, 15) is 4.79 Å². The van der Waals surface area contributed by atoms with Crippen LogP contribution in [0, 0.1) is 11.3 Å². The van der Waals surface area contributed by atoms with Gasteiger partial charge in [0.2, 0.25) is 0 Å². The van der Waals surface area contributed by atoms with Gasteiger partial charge >= 0.3 is 0 Å². The molecule has 102 valence electrons. The molecule has 0 aromatic heterocycles. The van der Waals surface area contributed by atoms with Gasteiger partial charge in [0.1, 0.15) is 5.75 Å². The lowest BCUT2D eigenvalue weighted by molar-refractivity contribution is -0.135. The van der Waals surface area contributed by atoms with Gasteiger partial charge in [-0.3, -0.25) is 4.79 Å². The maximum atomic E-state index is 12.0. The van der Waals surface area contributed by atoms with Crippen molar-refractivity contribution in [2.45, 2.75) is 26.3 Å². The maximum Gasteiger partial charge on any atom is 0.260 e. The average molecular weight is 281 g/mol. The predicted octanol–water partition coefficient (Wildman–Crippen LogP) is 2.87. The number of carbonyl (C=O) groups excluding carboxylic acids is 1. The Hall–Kier alpha value is -1.73. The maximum absolute atomic E-state index is 12.0. The number of rotatable bonds is 6. The Kier molecular flexibility index (Phi) is 6.17. The molecule has 1 rings (SSSR count). The number of nitriles is 1. The van der Waals surface area contributed by atoms with Gasteiger partial charge in [-0.05, 0) is 32.0 Å². The molecule has 0 saturated heterocycles. The Bertz CT molecular complexity index is 469. The highest BCUT2D eigenvalue weighted by Crippen LogP contribution is 2.17. The van der Waals surface area contributed by atoms with Crippen LogP contribution in [0.15, 0.2) is 24.3 Å².